The highest BCUT2D eigenvalue weighted by Crippen LogP contribution is 2.34. The minimum atomic E-state index is -0.776. The van der Waals surface area contributed by atoms with Crippen LogP contribution >= 0.6 is 0 Å². The lowest BCUT2D eigenvalue weighted by atomic mass is 10.0. The molecule has 0 radical (unpaired) electrons. The molecule has 6 amide bonds. The summed E-state index contributed by atoms with van der Waals surface area (Å²) in [5.41, 5.74) is 5.31. The van der Waals surface area contributed by atoms with Crippen molar-refractivity contribution in [2.24, 2.45) is 0 Å². The summed E-state index contributed by atoms with van der Waals surface area (Å²) in [6.45, 7) is 2.77. The van der Waals surface area contributed by atoms with E-state index in [4.69, 9.17) is 0 Å². The van der Waals surface area contributed by atoms with Gasteiger partial charge in [-0.1, -0.05) is 84.9 Å². The normalized spacial score (nSPS) is 19.0. The number of likely N-dealkylation sites (tertiary alicyclic amines) is 4. The van der Waals surface area contributed by atoms with Crippen LogP contribution < -0.4 is 15.5 Å². The third-order valence-corrected chi connectivity index (χ3v) is 13.6. The fourth-order valence-electron chi connectivity index (χ4n) is 10.2. The van der Waals surface area contributed by atoms with Crippen LogP contribution in [-0.2, 0) is 41.9 Å². The topological polar surface area (TPSA) is 143 Å². The maximum absolute atomic E-state index is 14.2. The molecule has 0 aromatic heterocycles. The predicted octanol–water partition coefficient (Wildman–Crippen LogP) is 7.62. The fraction of sp³-hybridized carbons (Fsp3) is 0.333. The molecule has 0 spiro atoms. The Morgan fingerprint density at radius 3 is 1.32 bits per heavy atom. The molecule has 2 N–H and O–H groups in total. The lowest BCUT2D eigenvalue weighted by molar-refractivity contribution is -0.146. The Morgan fingerprint density at radius 2 is 0.941 bits per heavy atom. The van der Waals surface area contributed by atoms with Gasteiger partial charge >= 0.3 is 0 Å². The molecule has 4 fully saturated rings. The van der Waals surface area contributed by atoms with Crippen molar-refractivity contribution < 1.29 is 33.2 Å². The van der Waals surface area contributed by atoms with E-state index in [0.29, 0.717) is 102 Å². The van der Waals surface area contributed by atoms with Crippen LogP contribution in [0.4, 0.5) is 21.5 Å². The second kappa shape index (κ2) is 20.7. The van der Waals surface area contributed by atoms with Crippen molar-refractivity contribution in [2.75, 3.05) is 41.7 Å². The molecule has 0 unspecified atom stereocenters. The van der Waals surface area contributed by atoms with Crippen LogP contribution in [0, 0.1) is 5.82 Å². The molecule has 4 heterocycles. The number of rotatable bonds is 15. The summed E-state index contributed by atoms with van der Waals surface area (Å²) in [4.78, 5) is 90.3. The molecular formula is C54H56FN7O6. The van der Waals surface area contributed by atoms with Gasteiger partial charge in [0.05, 0.1) is 0 Å². The molecule has 5 aromatic rings. The number of benzene rings is 5. The number of halogens is 1. The molecule has 350 valence electrons. The van der Waals surface area contributed by atoms with Crippen molar-refractivity contribution in [2.45, 2.75) is 88.6 Å². The van der Waals surface area contributed by atoms with E-state index in [9.17, 15) is 33.2 Å². The molecule has 0 bridgehead atoms. The van der Waals surface area contributed by atoms with Gasteiger partial charge in [-0.05, 0) is 109 Å². The van der Waals surface area contributed by atoms with Crippen LogP contribution in [0.25, 0.3) is 0 Å². The highest BCUT2D eigenvalue weighted by Gasteiger charge is 2.43. The van der Waals surface area contributed by atoms with Gasteiger partial charge in [0, 0.05) is 69.2 Å². The van der Waals surface area contributed by atoms with Gasteiger partial charge in [-0.15, -0.1) is 0 Å². The van der Waals surface area contributed by atoms with Crippen LogP contribution in [0.15, 0.2) is 133 Å². The predicted molar refractivity (Wildman–Crippen MR) is 256 cm³/mol. The maximum Gasteiger partial charge on any atom is 0.250 e. The van der Waals surface area contributed by atoms with Gasteiger partial charge in [0.2, 0.25) is 23.6 Å². The first-order valence-electron chi connectivity index (χ1n) is 23.7. The summed E-state index contributed by atoms with van der Waals surface area (Å²) in [5.74, 6) is -1.51. The Balaban J connectivity index is 0.837. The van der Waals surface area contributed by atoms with E-state index in [1.807, 2.05) is 109 Å². The number of amides is 6. The number of anilines is 3. The van der Waals surface area contributed by atoms with Gasteiger partial charge in [-0.3, -0.25) is 28.8 Å². The van der Waals surface area contributed by atoms with E-state index in [-0.39, 0.29) is 41.3 Å². The van der Waals surface area contributed by atoms with Gasteiger partial charge in [-0.25, -0.2) is 4.39 Å². The zero-order valence-corrected chi connectivity index (χ0v) is 38.0. The SMILES string of the molecule is O=C(Nc1ccc(CN(Cc2ccc(NC(=O)[C@@H]3CCCN3C(=O)[C@@H](c3ccccc3)N3CCCC3=O)cc2)c2ccc(F)cc2)cc1)[C@@H]1CCCN1C(=O)[C@H](c1ccccc1)N1CCCC1=O. The number of carbonyl (C=O) groups is 6. The van der Waals surface area contributed by atoms with Crippen LogP contribution in [0.3, 0.4) is 0 Å². The average molecular weight is 918 g/mol. The van der Waals surface area contributed by atoms with Crippen molar-refractivity contribution in [3.05, 3.63) is 162 Å². The summed E-state index contributed by atoms with van der Waals surface area (Å²) in [6, 6.07) is 37.0. The number of hydrogen-bond donors (Lipinski definition) is 2. The van der Waals surface area contributed by atoms with E-state index < -0.39 is 24.2 Å². The van der Waals surface area contributed by atoms with E-state index in [1.54, 1.807) is 31.7 Å². The zero-order valence-electron chi connectivity index (χ0n) is 38.0. The Morgan fingerprint density at radius 1 is 0.529 bits per heavy atom. The first-order valence-corrected chi connectivity index (χ1v) is 23.7. The smallest absolute Gasteiger partial charge is 0.250 e. The van der Waals surface area contributed by atoms with Crippen LogP contribution in [0.5, 0.6) is 0 Å². The summed E-state index contributed by atoms with van der Waals surface area (Å²) in [5, 5.41) is 6.04. The second-order valence-electron chi connectivity index (χ2n) is 18.1. The third kappa shape index (κ3) is 10.1. The molecule has 5 aromatic carbocycles. The number of nitrogens with one attached hydrogen (secondary N) is 2. The van der Waals surface area contributed by atoms with E-state index in [0.717, 1.165) is 27.9 Å². The van der Waals surface area contributed by atoms with Crippen LogP contribution in [-0.4, -0.2) is 93.3 Å². The molecule has 13 nitrogen and oxygen atoms in total. The molecule has 0 aliphatic carbocycles. The maximum atomic E-state index is 14.2. The molecular weight excluding hydrogens is 862 g/mol. The molecule has 0 saturated carbocycles. The number of carbonyl (C=O) groups excluding carboxylic acids is 6. The Kier molecular flexibility index (Phi) is 13.9. The van der Waals surface area contributed by atoms with Crippen LogP contribution in [0.2, 0.25) is 0 Å². The van der Waals surface area contributed by atoms with Crippen molar-refractivity contribution in [1.29, 1.82) is 0 Å². The van der Waals surface area contributed by atoms with Crippen molar-refractivity contribution in [3.63, 3.8) is 0 Å². The standard InChI is InChI=1S/C54H56FN7O6/c55-41-23-29-44(30-24-41)58(35-37-19-25-42(26-20-37)56-51(65)45-15-7-31-59(45)53(67)49(39-11-3-1-4-12-39)61-33-9-17-47(61)63)36-38-21-27-43(28-22-38)57-52(66)46-16-8-32-60(46)54(68)50(40-13-5-2-6-14-40)62-34-10-18-48(62)64/h1-6,11-14,19-30,45-46,49-50H,7-10,15-18,31-36H2,(H,56,65)(H,57,66)/t45-,46-,49-,50+/m0/s1. The van der Waals surface area contributed by atoms with Crippen molar-refractivity contribution in [3.8, 4) is 0 Å². The Hall–Kier alpha value is -7.35. The molecule has 14 heteroatoms. The van der Waals surface area contributed by atoms with Gasteiger partial charge in [0.15, 0.2) is 0 Å². The number of hydrogen-bond acceptors (Lipinski definition) is 7. The lowest BCUT2D eigenvalue weighted by Crippen LogP contribution is -2.49. The fourth-order valence-corrected chi connectivity index (χ4v) is 10.2. The summed E-state index contributed by atoms with van der Waals surface area (Å²) in [6.07, 6.45) is 4.58. The average Bonchev–Trinajstić information content (AvgIpc) is 4.21. The van der Waals surface area contributed by atoms with E-state index in [1.165, 1.54) is 12.1 Å². The monoisotopic (exact) mass is 917 g/mol. The minimum Gasteiger partial charge on any atom is -0.363 e. The second-order valence-corrected chi connectivity index (χ2v) is 18.1. The van der Waals surface area contributed by atoms with Crippen LogP contribution in [0.1, 0.15) is 85.7 Å². The van der Waals surface area contributed by atoms with Crippen molar-refractivity contribution >= 4 is 52.5 Å². The highest BCUT2D eigenvalue weighted by molar-refractivity contribution is 6.00. The zero-order chi connectivity index (χ0) is 47.1. The summed E-state index contributed by atoms with van der Waals surface area (Å²) >= 11 is 0. The summed E-state index contributed by atoms with van der Waals surface area (Å²) < 4.78 is 14.1. The summed E-state index contributed by atoms with van der Waals surface area (Å²) in [7, 11) is 0. The molecule has 4 aliphatic heterocycles. The minimum absolute atomic E-state index is 0.0565. The molecule has 68 heavy (non-hydrogen) atoms. The first kappa shape index (κ1) is 45.8. The van der Waals surface area contributed by atoms with Gasteiger partial charge in [0.1, 0.15) is 30.0 Å². The Labute approximate surface area is 395 Å². The highest BCUT2D eigenvalue weighted by atomic mass is 19.1. The van der Waals surface area contributed by atoms with E-state index in [2.05, 4.69) is 15.5 Å². The Bertz CT molecular complexity index is 2460. The molecule has 4 aliphatic rings. The molecule has 4 saturated heterocycles. The van der Waals surface area contributed by atoms with Gasteiger partial charge in [-0.2, -0.15) is 0 Å². The molecule has 4 atom stereocenters. The quantitative estimate of drug-likeness (QED) is 0.110. The van der Waals surface area contributed by atoms with Crippen molar-refractivity contribution in [1.82, 2.24) is 19.6 Å². The third-order valence-electron chi connectivity index (χ3n) is 13.6. The van der Waals surface area contributed by atoms with Gasteiger partial charge in [0.25, 0.3) is 11.8 Å². The van der Waals surface area contributed by atoms with Gasteiger partial charge < -0.3 is 35.1 Å². The van der Waals surface area contributed by atoms with E-state index >= 15 is 0 Å². The largest absolute Gasteiger partial charge is 0.363 e. The first-order chi connectivity index (χ1) is 33.1. The molecule has 9 rings (SSSR count). The lowest BCUT2D eigenvalue weighted by Gasteiger charge is -2.33. The number of nitrogens with zero attached hydrogens (tertiary/aromatic N) is 5.